The zero-order valence-electron chi connectivity index (χ0n) is 12.1. The molecule has 2 rings (SSSR count). The molecule has 1 aliphatic rings. The Labute approximate surface area is 115 Å². The average Bonchev–Trinajstić information content (AvgIpc) is 3.28. The molecule has 1 saturated carbocycles. The highest BCUT2D eigenvalue weighted by Crippen LogP contribution is 2.24. The Bertz CT molecular complexity index is 425. The molecule has 0 heterocycles. The maximum atomic E-state index is 6.00. The first-order valence-electron chi connectivity index (χ1n) is 6.90. The van der Waals surface area contributed by atoms with Crippen LogP contribution in [0.5, 0.6) is 0 Å². The van der Waals surface area contributed by atoms with Crippen LogP contribution in [0.15, 0.2) is 35.3 Å². The monoisotopic (exact) mass is 260 g/mol. The Hall–Kier alpha value is -1.71. The van der Waals surface area contributed by atoms with Crippen molar-refractivity contribution in [3.63, 3.8) is 0 Å². The highest BCUT2D eigenvalue weighted by molar-refractivity contribution is 5.78. The Morgan fingerprint density at radius 2 is 1.95 bits per heavy atom. The van der Waals surface area contributed by atoms with Crippen LogP contribution in [0.4, 0.5) is 5.69 Å². The number of aliphatic imine (C=N–C) groups is 1. The number of guanidine groups is 1. The number of benzene rings is 1. The molecule has 0 aliphatic heterocycles. The minimum absolute atomic E-state index is 0.327. The second kappa shape index (κ2) is 5.95. The van der Waals surface area contributed by atoms with Crippen LogP contribution in [0.2, 0.25) is 0 Å². The fraction of sp³-hybridized carbons (Fsp3) is 0.533. The van der Waals surface area contributed by atoms with Crippen molar-refractivity contribution in [2.45, 2.75) is 31.8 Å². The maximum absolute atomic E-state index is 6.00. The van der Waals surface area contributed by atoms with E-state index in [1.807, 2.05) is 13.1 Å². The maximum Gasteiger partial charge on any atom is 0.191 e. The summed E-state index contributed by atoms with van der Waals surface area (Å²) in [6, 6.07) is 11.3. The van der Waals surface area contributed by atoms with E-state index in [0.717, 1.165) is 0 Å². The second-order valence-electron chi connectivity index (χ2n) is 5.34. The molecule has 1 aromatic rings. The van der Waals surface area contributed by atoms with Gasteiger partial charge in [0, 0.05) is 31.9 Å². The largest absolute Gasteiger partial charge is 0.370 e. The summed E-state index contributed by atoms with van der Waals surface area (Å²) in [5.74, 6) is 0.663. The summed E-state index contributed by atoms with van der Waals surface area (Å²) in [6.07, 6.45) is 2.48. The molecule has 2 N–H and O–H groups in total. The van der Waals surface area contributed by atoms with Crippen molar-refractivity contribution in [3.8, 4) is 0 Å². The number of nitrogens with zero attached hydrogens (tertiary/aromatic N) is 3. The lowest BCUT2D eigenvalue weighted by Crippen LogP contribution is -2.38. The van der Waals surface area contributed by atoms with Gasteiger partial charge in [0.1, 0.15) is 0 Å². The van der Waals surface area contributed by atoms with Crippen molar-refractivity contribution in [2.24, 2.45) is 10.7 Å². The van der Waals surface area contributed by atoms with Gasteiger partial charge in [0.25, 0.3) is 0 Å². The van der Waals surface area contributed by atoms with Gasteiger partial charge >= 0.3 is 0 Å². The fourth-order valence-corrected chi connectivity index (χ4v) is 2.03. The van der Waals surface area contributed by atoms with Crippen molar-refractivity contribution >= 4 is 11.6 Å². The van der Waals surface area contributed by atoms with E-state index in [1.54, 1.807) is 0 Å². The number of para-hydroxylation sites is 1. The van der Waals surface area contributed by atoms with E-state index in [-0.39, 0.29) is 0 Å². The van der Waals surface area contributed by atoms with Gasteiger partial charge in [0.15, 0.2) is 5.96 Å². The smallest absolute Gasteiger partial charge is 0.191 e. The molecule has 1 unspecified atom stereocenters. The van der Waals surface area contributed by atoms with E-state index in [9.17, 15) is 0 Å². The summed E-state index contributed by atoms with van der Waals surface area (Å²) in [6.45, 7) is 2.88. The van der Waals surface area contributed by atoms with Gasteiger partial charge in [-0.1, -0.05) is 18.2 Å². The third kappa shape index (κ3) is 3.63. The lowest BCUT2D eigenvalue weighted by molar-refractivity contribution is 0.486. The molecule has 4 heteroatoms. The van der Waals surface area contributed by atoms with Crippen molar-refractivity contribution in [3.05, 3.63) is 30.3 Å². The quantitative estimate of drug-likeness (QED) is 0.650. The van der Waals surface area contributed by atoms with E-state index in [1.165, 1.54) is 18.5 Å². The van der Waals surface area contributed by atoms with E-state index >= 15 is 0 Å². The molecule has 0 saturated heterocycles. The van der Waals surface area contributed by atoms with Gasteiger partial charge in [0.2, 0.25) is 0 Å². The van der Waals surface area contributed by atoms with Gasteiger partial charge in [-0.3, -0.25) is 4.99 Å². The van der Waals surface area contributed by atoms with Crippen LogP contribution >= 0.6 is 0 Å². The van der Waals surface area contributed by atoms with Crippen molar-refractivity contribution in [2.75, 3.05) is 25.5 Å². The molecular formula is C15H24N4. The van der Waals surface area contributed by atoms with Gasteiger partial charge in [-0.2, -0.15) is 0 Å². The molecular weight excluding hydrogens is 236 g/mol. The standard InChI is InChI=1S/C15H24N4/c1-12(18(2)13-7-5-4-6-8-13)11-17-15(16)19(3)14-9-10-14/h4-8,12,14H,9-11H2,1-3H3,(H2,16,17). The van der Waals surface area contributed by atoms with E-state index in [4.69, 9.17) is 5.73 Å². The Morgan fingerprint density at radius 1 is 1.32 bits per heavy atom. The first-order valence-corrected chi connectivity index (χ1v) is 6.90. The highest BCUT2D eigenvalue weighted by atomic mass is 15.3. The Kier molecular flexibility index (Phi) is 4.30. The number of hydrogen-bond acceptors (Lipinski definition) is 2. The first-order chi connectivity index (χ1) is 9.09. The topological polar surface area (TPSA) is 44.9 Å². The van der Waals surface area contributed by atoms with Gasteiger partial charge in [-0.05, 0) is 31.9 Å². The van der Waals surface area contributed by atoms with Crippen LogP contribution in [0.1, 0.15) is 19.8 Å². The van der Waals surface area contributed by atoms with Crippen molar-refractivity contribution in [1.82, 2.24) is 4.90 Å². The zero-order valence-corrected chi connectivity index (χ0v) is 12.1. The average molecular weight is 260 g/mol. The predicted molar refractivity (Wildman–Crippen MR) is 81.6 cm³/mol. The molecule has 0 radical (unpaired) electrons. The van der Waals surface area contributed by atoms with E-state index in [0.29, 0.717) is 24.6 Å². The number of rotatable bonds is 5. The second-order valence-corrected chi connectivity index (χ2v) is 5.34. The predicted octanol–water partition coefficient (Wildman–Crippen LogP) is 1.92. The molecule has 1 atom stereocenters. The van der Waals surface area contributed by atoms with Crippen molar-refractivity contribution < 1.29 is 0 Å². The number of anilines is 1. The minimum atomic E-state index is 0.327. The molecule has 1 aromatic carbocycles. The zero-order chi connectivity index (χ0) is 13.8. The summed E-state index contributed by atoms with van der Waals surface area (Å²) in [5.41, 5.74) is 7.21. The summed E-state index contributed by atoms with van der Waals surface area (Å²) >= 11 is 0. The first kappa shape index (κ1) is 13.7. The molecule has 0 amide bonds. The van der Waals surface area contributed by atoms with Gasteiger partial charge in [-0.15, -0.1) is 0 Å². The number of hydrogen-bond donors (Lipinski definition) is 1. The van der Waals surface area contributed by atoms with Crippen molar-refractivity contribution in [1.29, 1.82) is 0 Å². The van der Waals surface area contributed by atoms with Crippen LogP contribution < -0.4 is 10.6 Å². The normalized spacial score (nSPS) is 17.1. The molecule has 104 valence electrons. The lowest BCUT2D eigenvalue weighted by atomic mass is 10.2. The third-order valence-corrected chi connectivity index (χ3v) is 3.80. The number of likely N-dealkylation sites (N-methyl/N-ethyl adjacent to an activating group) is 1. The van der Waals surface area contributed by atoms with Crippen LogP contribution in [0, 0.1) is 0 Å². The Morgan fingerprint density at radius 3 is 2.53 bits per heavy atom. The van der Waals surface area contributed by atoms with Crippen LogP contribution in [0.3, 0.4) is 0 Å². The highest BCUT2D eigenvalue weighted by Gasteiger charge is 2.27. The summed E-state index contributed by atoms with van der Waals surface area (Å²) < 4.78 is 0. The van der Waals surface area contributed by atoms with Gasteiger partial charge in [0.05, 0.1) is 6.54 Å². The summed E-state index contributed by atoms with van der Waals surface area (Å²) in [7, 11) is 4.12. The summed E-state index contributed by atoms with van der Waals surface area (Å²) in [5, 5.41) is 0. The lowest BCUT2D eigenvalue weighted by Gasteiger charge is -2.26. The van der Waals surface area contributed by atoms with E-state index < -0.39 is 0 Å². The van der Waals surface area contributed by atoms with Crippen LogP contribution in [-0.2, 0) is 0 Å². The van der Waals surface area contributed by atoms with Crippen LogP contribution in [-0.4, -0.2) is 43.6 Å². The van der Waals surface area contributed by atoms with E-state index in [2.05, 4.69) is 53.0 Å². The molecule has 19 heavy (non-hydrogen) atoms. The van der Waals surface area contributed by atoms with Crippen LogP contribution in [0.25, 0.3) is 0 Å². The molecule has 1 aliphatic carbocycles. The molecule has 0 spiro atoms. The summed E-state index contributed by atoms with van der Waals surface area (Å²) in [4.78, 5) is 8.83. The SMILES string of the molecule is CC(CN=C(N)N(C)C1CC1)N(C)c1ccccc1. The Balaban J connectivity index is 1.89. The molecule has 0 aromatic heterocycles. The minimum Gasteiger partial charge on any atom is -0.370 e. The molecule has 4 nitrogen and oxygen atoms in total. The van der Waals surface area contributed by atoms with Gasteiger partial charge < -0.3 is 15.5 Å². The van der Waals surface area contributed by atoms with Gasteiger partial charge in [-0.25, -0.2) is 0 Å². The third-order valence-electron chi connectivity index (χ3n) is 3.80. The number of nitrogens with two attached hydrogens (primary N) is 1. The fourth-order valence-electron chi connectivity index (χ4n) is 2.03. The molecule has 0 bridgehead atoms. The molecule has 1 fully saturated rings.